The number of hydrogen-bond acceptors (Lipinski definition) is 4. The highest BCUT2D eigenvalue weighted by atomic mass is 19.4. The van der Waals surface area contributed by atoms with Crippen LogP contribution in [0.15, 0.2) is 85.1 Å². The summed E-state index contributed by atoms with van der Waals surface area (Å²) in [6, 6.07) is 20.1. The van der Waals surface area contributed by atoms with Crippen molar-refractivity contribution in [3.63, 3.8) is 0 Å². The number of nitrogens with two attached hydrogens (primary N) is 1. The van der Waals surface area contributed by atoms with Crippen molar-refractivity contribution in [1.82, 2.24) is 9.78 Å². The Morgan fingerprint density at radius 1 is 0.971 bits per heavy atom. The number of nitrogens with zero attached hydrogens (tertiary/aromatic N) is 2. The molecule has 0 spiro atoms. The van der Waals surface area contributed by atoms with Gasteiger partial charge in [0.15, 0.2) is 0 Å². The van der Waals surface area contributed by atoms with E-state index < -0.39 is 11.7 Å². The maximum Gasteiger partial charge on any atom is 0.416 e. The van der Waals surface area contributed by atoms with Gasteiger partial charge in [-0.3, -0.25) is 9.48 Å². The summed E-state index contributed by atoms with van der Waals surface area (Å²) >= 11 is 0. The molecule has 0 saturated carbocycles. The fourth-order valence-corrected chi connectivity index (χ4v) is 3.36. The summed E-state index contributed by atoms with van der Waals surface area (Å²) in [6.07, 6.45) is -2.65. The number of halogens is 3. The minimum absolute atomic E-state index is 0.348. The van der Waals surface area contributed by atoms with Gasteiger partial charge in [-0.1, -0.05) is 30.3 Å². The Morgan fingerprint density at radius 2 is 1.68 bits per heavy atom. The molecule has 1 heterocycles. The normalized spacial score (nSPS) is 11.3. The van der Waals surface area contributed by atoms with Crippen LogP contribution in [0.1, 0.15) is 15.9 Å². The lowest BCUT2D eigenvalue weighted by Gasteiger charge is -2.12. The van der Waals surface area contributed by atoms with E-state index in [1.807, 2.05) is 0 Å². The first-order valence-corrected chi connectivity index (χ1v) is 10.4. The minimum atomic E-state index is -4.42. The van der Waals surface area contributed by atoms with Crippen molar-refractivity contribution in [2.24, 2.45) is 0 Å². The molecule has 3 aromatic carbocycles. The fraction of sp³-hybridized carbons (Fsp3) is 0.120. The van der Waals surface area contributed by atoms with Gasteiger partial charge in [0.05, 0.1) is 12.1 Å². The first kappa shape index (κ1) is 22.9. The minimum Gasteiger partial charge on any atom is -0.492 e. The van der Waals surface area contributed by atoms with Crippen molar-refractivity contribution < 1.29 is 22.7 Å². The number of amides is 1. The van der Waals surface area contributed by atoms with Crippen molar-refractivity contribution in [3.8, 4) is 16.9 Å². The zero-order valence-electron chi connectivity index (χ0n) is 17.9. The van der Waals surface area contributed by atoms with Crippen LogP contribution >= 0.6 is 0 Å². The molecule has 0 unspecified atom stereocenters. The van der Waals surface area contributed by atoms with Gasteiger partial charge >= 0.3 is 6.18 Å². The van der Waals surface area contributed by atoms with Crippen molar-refractivity contribution in [3.05, 3.63) is 96.2 Å². The first-order chi connectivity index (χ1) is 16.3. The Labute approximate surface area is 193 Å². The van der Waals surface area contributed by atoms with Gasteiger partial charge < -0.3 is 15.8 Å². The molecule has 4 aromatic rings. The topological polar surface area (TPSA) is 82.2 Å². The van der Waals surface area contributed by atoms with E-state index >= 15 is 0 Å². The van der Waals surface area contributed by atoms with Crippen molar-refractivity contribution >= 4 is 17.4 Å². The van der Waals surface area contributed by atoms with Gasteiger partial charge in [0.25, 0.3) is 5.91 Å². The highest BCUT2D eigenvalue weighted by molar-refractivity contribution is 6.08. The van der Waals surface area contributed by atoms with Gasteiger partial charge in [0.2, 0.25) is 0 Å². The molecule has 0 bridgehead atoms. The van der Waals surface area contributed by atoms with E-state index in [1.165, 1.54) is 12.1 Å². The summed E-state index contributed by atoms with van der Waals surface area (Å²) in [5.74, 6) is 0.698. The van der Waals surface area contributed by atoms with Crippen LogP contribution in [0.4, 0.5) is 24.7 Å². The van der Waals surface area contributed by atoms with Gasteiger partial charge in [-0.05, 0) is 59.7 Å². The predicted molar refractivity (Wildman–Crippen MR) is 123 cm³/mol. The van der Waals surface area contributed by atoms with Crippen LogP contribution in [0.3, 0.4) is 0 Å². The summed E-state index contributed by atoms with van der Waals surface area (Å²) in [5, 5.41) is 6.89. The van der Waals surface area contributed by atoms with Gasteiger partial charge in [-0.2, -0.15) is 18.3 Å². The third-order valence-corrected chi connectivity index (χ3v) is 5.06. The third kappa shape index (κ3) is 5.55. The molecule has 3 N–H and O–H groups in total. The summed E-state index contributed by atoms with van der Waals surface area (Å²) in [6.45, 7) is 0.934. The average molecular weight is 466 g/mol. The Kier molecular flexibility index (Phi) is 6.53. The van der Waals surface area contributed by atoms with Crippen molar-refractivity contribution in [2.75, 3.05) is 17.7 Å². The second kappa shape index (κ2) is 9.70. The van der Waals surface area contributed by atoms with E-state index in [-0.39, 0.29) is 5.91 Å². The molecule has 0 aliphatic rings. The summed E-state index contributed by atoms with van der Waals surface area (Å²) in [7, 11) is 0. The Morgan fingerprint density at radius 3 is 2.32 bits per heavy atom. The molecule has 4 rings (SSSR count). The third-order valence-electron chi connectivity index (χ3n) is 5.06. The second-order valence-corrected chi connectivity index (χ2v) is 7.45. The molecule has 1 aromatic heterocycles. The lowest BCUT2D eigenvalue weighted by molar-refractivity contribution is -0.137. The molecule has 0 fully saturated rings. The van der Waals surface area contributed by atoms with E-state index in [9.17, 15) is 18.0 Å². The van der Waals surface area contributed by atoms with E-state index in [0.717, 1.165) is 12.1 Å². The van der Waals surface area contributed by atoms with E-state index in [1.54, 1.807) is 65.5 Å². The van der Waals surface area contributed by atoms with Crippen LogP contribution in [-0.4, -0.2) is 22.3 Å². The molecule has 0 saturated heterocycles. The van der Waals surface area contributed by atoms with Crippen LogP contribution in [0, 0.1) is 0 Å². The summed E-state index contributed by atoms with van der Waals surface area (Å²) in [4.78, 5) is 12.9. The standard InChI is InChI=1S/C25H21F3N4O2/c26-25(27,28)18-7-5-17(6-8-18)21-3-1-2-4-22(21)24(33)30-19-9-11-20(12-10-19)34-16-15-32-14-13-23(29)31-32/h1-14H,15-16H2,(H2,29,31)(H,30,33). The number of carbonyl (C=O) groups excluding carboxylic acids is 1. The predicted octanol–water partition coefficient (Wildman–Crippen LogP) is 5.48. The molecular weight excluding hydrogens is 445 g/mol. The van der Waals surface area contributed by atoms with Crippen LogP contribution in [0.25, 0.3) is 11.1 Å². The molecule has 0 aliphatic heterocycles. The maximum absolute atomic E-state index is 12.9. The monoisotopic (exact) mass is 466 g/mol. The average Bonchev–Trinajstić information content (AvgIpc) is 3.24. The quantitative estimate of drug-likeness (QED) is 0.378. The van der Waals surface area contributed by atoms with Crippen LogP contribution in [-0.2, 0) is 12.7 Å². The molecule has 1 amide bonds. The van der Waals surface area contributed by atoms with Gasteiger partial charge in [-0.25, -0.2) is 0 Å². The highest BCUT2D eigenvalue weighted by Gasteiger charge is 2.30. The van der Waals surface area contributed by atoms with E-state index in [4.69, 9.17) is 10.5 Å². The van der Waals surface area contributed by atoms with Gasteiger partial charge in [0.1, 0.15) is 18.2 Å². The number of hydrogen-bond donors (Lipinski definition) is 2. The van der Waals surface area contributed by atoms with Crippen LogP contribution in [0.2, 0.25) is 0 Å². The van der Waals surface area contributed by atoms with Gasteiger partial charge in [0, 0.05) is 17.4 Å². The summed E-state index contributed by atoms with van der Waals surface area (Å²) < 4.78 is 46.0. The number of ether oxygens (including phenoxy) is 1. The van der Waals surface area contributed by atoms with Gasteiger partial charge in [-0.15, -0.1) is 0 Å². The van der Waals surface area contributed by atoms with Crippen molar-refractivity contribution in [2.45, 2.75) is 12.7 Å². The number of nitrogens with one attached hydrogen (secondary N) is 1. The van der Waals surface area contributed by atoms with Crippen molar-refractivity contribution in [1.29, 1.82) is 0 Å². The first-order valence-electron chi connectivity index (χ1n) is 10.4. The Bertz CT molecular complexity index is 1270. The summed E-state index contributed by atoms with van der Waals surface area (Å²) in [5.41, 5.74) is 6.79. The molecule has 9 heteroatoms. The van der Waals surface area contributed by atoms with E-state index in [2.05, 4.69) is 10.4 Å². The lowest BCUT2D eigenvalue weighted by Crippen LogP contribution is -2.13. The molecule has 0 atom stereocenters. The zero-order chi connectivity index (χ0) is 24.1. The fourth-order valence-electron chi connectivity index (χ4n) is 3.36. The smallest absolute Gasteiger partial charge is 0.416 e. The van der Waals surface area contributed by atoms with Crippen LogP contribution < -0.4 is 15.8 Å². The Hall–Kier alpha value is -4.27. The highest BCUT2D eigenvalue weighted by Crippen LogP contribution is 2.32. The lowest BCUT2D eigenvalue weighted by atomic mass is 9.98. The molecule has 174 valence electrons. The SMILES string of the molecule is Nc1ccn(CCOc2ccc(NC(=O)c3ccccc3-c3ccc(C(F)(F)F)cc3)cc2)n1. The number of benzene rings is 3. The Balaban J connectivity index is 1.41. The number of aromatic nitrogens is 2. The van der Waals surface area contributed by atoms with E-state index in [0.29, 0.717) is 47.1 Å². The number of alkyl halides is 3. The molecule has 6 nitrogen and oxygen atoms in total. The number of carbonyl (C=O) groups is 1. The molecule has 0 radical (unpaired) electrons. The zero-order valence-corrected chi connectivity index (χ0v) is 17.9. The molecular formula is C25H21F3N4O2. The van der Waals surface area contributed by atoms with Crippen LogP contribution in [0.5, 0.6) is 5.75 Å². The number of anilines is 2. The molecule has 0 aliphatic carbocycles. The molecule has 34 heavy (non-hydrogen) atoms. The number of rotatable bonds is 7. The maximum atomic E-state index is 12.9. The second-order valence-electron chi connectivity index (χ2n) is 7.45. The largest absolute Gasteiger partial charge is 0.492 e. The number of nitrogen functional groups attached to an aromatic ring is 1.